The van der Waals surface area contributed by atoms with E-state index in [1.54, 1.807) is 6.92 Å². The number of aliphatic hydroxyl groups is 1. The van der Waals surface area contributed by atoms with E-state index in [-0.39, 0.29) is 6.10 Å². The number of ether oxygens (including phenoxy) is 1. The maximum absolute atomic E-state index is 9.25. The van der Waals surface area contributed by atoms with E-state index >= 15 is 0 Å². The summed E-state index contributed by atoms with van der Waals surface area (Å²) in [6.45, 7) is 1.80. The number of hydrogen-bond acceptors (Lipinski definition) is 2. The number of aliphatic hydroxyl groups excluding tert-OH is 1. The minimum Gasteiger partial charge on any atom is -0.490 e. The maximum Gasteiger partial charge on any atom is 0.119 e. The van der Waals surface area contributed by atoms with Crippen LogP contribution >= 0.6 is 0 Å². The van der Waals surface area contributed by atoms with E-state index < -0.39 is 0 Å². The lowest BCUT2D eigenvalue weighted by molar-refractivity contribution is 0.195. The van der Waals surface area contributed by atoms with Gasteiger partial charge < -0.3 is 9.84 Å². The SMILES string of the molecule is CC(O)Cc1cccc(OC2CC2)c1. The van der Waals surface area contributed by atoms with E-state index in [4.69, 9.17) is 4.74 Å². The molecule has 0 amide bonds. The summed E-state index contributed by atoms with van der Waals surface area (Å²) in [4.78, 5) is 0. The molecule has 0 aliphatic heterocycles. The first-order valence-corrected chi connectivity index (χ1v) is 5.18. The van der Waals surface area contributed by atoms with Crippen LogP contribution < -0.4 is 4.74 Å². The highest BCUT2D eigenvalue weighted by molar-refractivity contribution is 5.29. The summed E-state index contributed by atoms with van der Waals surface area (Å²) in [5.74, 6) is 0.936. The van der Waals surface area contributed by atoms with Crippen molar-refractivity contribution in [2.45, 2.75) is 38.4 Å². The van der Waals surface area contributed by atoms with Crippen LogP contribution in [0.2, 0.25) is 0 Å². The molecule has 1 aromatic rings. The van der Waals surface area contributed by atoms with E-state index in [2.05, 4.69) is 0 Å². The summed E-state index contributed by atoms with van der Waals surface area (Å²) < 4.78 is 5.67. The van der Waals surface area contributed by atoms with Gasteiger partial charge in [0.25, 0.3) is 0 Å². The minimum absolute atomic E-state index is 0.286. The summed E-state index contributed by atoms with van der Waals surface area (Å²) >= 11 is 0. The predicted octanol–water partition coefficient (Wildman–Crippen LogP) is 2.15. The first-order chi connectivity index (χ1) is 6.74. The number of rotatable bonds is 4. The van der Waals surface area contributed by atoms with Crippen LogP contribution in [-0.2, 0) is 6.42 Å². The first-order valence-electron chi connectivity index (χ1n) is 5.18. The van der Waals surface area contributed by atoms with Crippen LogP contribution in [0.5, 0.6) is 5.75 Å². The first kappa shape index (κ1) is 9.53. The van der Waals surface area contributed by atoms with E-state index in [1.165, 1.54) is 12.8 Å². The zero-order chi connectivity index (χ0) is 9.97. The van der Waals surface area contributed by atoms with Gasteiger partial charge >= 0.3 is 0 Å². The third-order valence-electron chi connectivity index (χ3n) is 2.26. The molecule has 1 aliphatic rings. The van der Waals surface area contributed by atoms with Crippen LogP contribution in [0.1, 0.15) is 25.3 Å². The van der Waals surface area contributed by atoms with Crippen molar-refractivity contribution >= 4 is 0 Å². The second kappa shape index (κ2) is 4.01. The molecule has 1 saturated carbocycles. The van der Waals surface area contributed by atoms with Crippen molar-refractivity contribution in [1.82, 2.24) is 0 Å². The molecule has 76 valence electrons. The van der Waals surface area contributed by atoms with Gasteiger partial charge in [-0.25, -0.2) is 0 Å². The summed E-state index contributed by atoms with van der Waals surface area (Å²) in [6, 6.07) is 8.00. The van der Waals surface area contributed by atoms with Gasteiger partial charge in [0, 0.05) is 0 Å². The Morgan fingerprint density at radius 3 is 2.93 bits per heavy atom. The lowest BCUT2D eigenvalue weighted by Crippen LogP contribution is -2.04. The van der Waals surface area contributed by atoms with Crippen molar-refractivity contribution in [1.29, 1.82) is 0 Å². The van der Waals surface area contributed by atoms with Crippen molar-refractivity contribution in [2.24, 2.45) is 0 Å². The molecule has 1 unspecified atom stereocenters. The minimum atomic E-state index is -0.286. The van der Waals surface area contributed by atoms with Crippen LogP contribution in [0.3, 0.4) is 0 Å². The quantitative estimate of drug-likeness (QED) is 0.792. The largest absolute Gasteiger partial charge is 0.490 e. The van der Waals surface area contributed by atoms with E-state index in [9.17, 15) is 5.11 Å². The molecule has 1 N–H and O–H groups in total. The fourth-order valence-electron chi connectivity index (χ4n) is 1.47. The maximum atomic E-state index is 9.25. The van der Waals surface area contributed by atoms with E-state index in [0.717, 1.165) is 11.3 Å². The summed E-state index contributed by atoms with van der Waals surface area (Å²) in [6.07, 6.45) is 3.21. The molecule has 2 rings (SSSR count). The Morgan fingerprint density at radius 1 is 1.50 bits per heavy atom. The number of benzene rings is 1. The smallest absolute Gasteiger partial charge is 0.119 e. The Labute approximate surface area is 84.5 Å². The molecular weight excluding hydrogens is 176 g/mol. The molecule has 1 aromatic carbocycles. The molecule has 0 saturated heterocycles. The van der Waals surface area contributed by atoms with Crippen LogP contribution in [0.15, 0.2) is 24.3 Å². The highest BCUT2D eigenvalue weighted by Gasteiger charge is 2.23. The third-order valence-corrected chi connectivity index (χ3v) is 2.26. The van der Waals surface area contributed by atoms with Crippen LogP contribution in [0.4, 0.5) is 0 Å². The Balaban J connectivity index is 2.01. The van der Waals surface area contributed by atoms with Gasteiger partial charge in [0.1, 0.15) is 5.75 Å². The van der Waals surface area contributed by atoms with Crippen LogP contribution in [0.25, 0.3) is 0 Å². The van der Waals surface area contributed by atoms with Gasteiger partial charge in [-0.3, -0.25) is 0 Å². The standard InChI is InChI=1S/C12H16O2/c1-9(13)7-10-3-2-4-12(8-10)14-11-5-6-11/h2-4,8-9,11,13H,5-7H2,1H3. The predicted molar refractivity (Wildman–Crippen MR) is 55.5 cm³/mol. The van der Waals surface area contributed by atoms with Gasteiger partial charge in [0.2, 0.25) is 0 Å². The van der Waals surface area contributed by atoms with Gasteiger partial charge in [-0.15, -0.1) is 0 Å². The fraction of sp³-hybridized carbons (Fsp3) is 0.500. The molecule has 0 bridgehead atoms. The van der Waals surface area contributed by atoms with Crippen LogP contribution in [-0.4, -0.2) is 17.3 Å². The average Bonchev–Trinajstić information content (AvgIpc) is 2.87. The Hall–Kier alpha value is -1.02. The van der Waals surface area contributed by atoms with Gasteiger partial charge in [0.05, 0.1) is 12.2 Å². The highest BCUT2D eigenvalue weighted by Crippen LogP contribution is 2.27. The third kappa shape index (κ3) is 2.74. The number of hydrogen-bond donors (Lipinski definition) is 1. The Kier molecular flexibility index (Phi) is 2.73. The molecule has 2 heteroatoms. The lowest BCUT2D eigenvalue weighted by Gasteiger charge is -2.08. The molecule has 1 atom stereocenters. The molecule has 14 heavy (non-hydrogen) atoms. The monoisotopic (exact) mass is 192 g/mol. The fourth-order valence-corrected chi connectivity index (χ4v) is 1.47. The Morgan fingerprint density at radius 2 is 2.29 bits per heavy atom. The lowest BCUT2D eigenvalue weighted by atomic mass is 10.1. The summed E-state index contributed by atoms with van der Waals surface area (Å²) in [5.41, 5.74) is 1.14. The second-order valence-corrected chi connectivity index (χ2v) is 4.02. The van der Waals surface area contributed by atoms with Crippen molar-refractivity contribution < 1.29 is 9.84 Å². The molecule has 1 aliphatic carbocycles. The normalized spacial score (nSPS) is 17.9. The average molecular weight is 192 g/mol. The second-order valence-electron chi connectivity index (χ2n) is 4.02. The van der Waals surface area contributed by atoms with Crippen molar-refractivity contribution in [3.63, 3.8) is 0 Å². The molecular formula is C12H16O2. The molecule has 0 aromatic heterocycles. The molecule has 0 radical (unpaired) electrons. The zero-order valence-electron chi connectivity index (χ0n) is 8.44. The van der Waals surface area contributed by atoms with Gasteiger partial charge in [-0.2, -0.15) is 0 Å². The molecule has 0 spiro atoms. The van der Waals surface area contributed by atoms with Crippen molar-refractivity contribution in [2.75, 3.05) is 0 Å². The van der Waals surface area contributed by atoms with E-state index in [0.29, 0.717) is 12.5 Å². The van der Waals surface area contributed by atoms with Gasteiger partial charge in [-0.05, 0) is 43.9 Å². The zero-order valence-corrected chi connectivity index (χ0v) is 8.44. The molecule has 0 heterocycles. The topological polar surface area (TPSA) is 29.5 Å². The summed E-state index contributed by atoms with van der Waals surface area (Å²) in [7, 11) is 0. The van der Waals surface area contributed by atoms with Crippen molar-refractivity contribution in [3.8, 4) is 5.75 Å². The van der Waals surface area contributed by atoms with Gasteiger partial charge in [-0.1, -0.05) is 12.1 Å². The van der Waals surface area contributed by atoms with Crippen molar-refractivity contribution in [3.05, 3.63) is 29.8 Å². The molecule has 1 fully saturated rings. The highest BCUT2D eigenvalue weighted by atomic mass is 16.5. The van der Waals surface area contributed by atoms with Crippen LogP contribution in [0, 0.1) is 0 Å². The summed E-state index contributed by atoms with van der Waals surface area (Å²) in [5, 5.41) is 9.25. The van der Waals surface area contributed by atoms with E-state index in [1.807, 2.05) is 24.3 Å². The van der Waals surface area contributed by atoms with Gasteiger partial charge in [0.15, 0.2) is 0 Å². The Bertz CT molecular complexity index is 284. The molecule has 2 nitrogen and oxygen atoms in total.